The molecule has 0 aromatic heterocycles. The average molecular weight is 332 g/mol. The van der Waals surface area contributed by atoms with Crippen molar-refractivity contribution in [2.45, 2.75) is 43.9 Å². The summed E-state index contributed by atoms with van der Waals surface area (Å²) in [5.74, 6) is 1.57. The molecule has 0 amide bonds. The molecule has 1 aromatic carbocycles. The number of hydrogen-bond acceptors (Lipinski definition) is 1. The average Bonchev–Trinajstić information content (AvgIpc) is 2.57. The first-order chi connectivity index (χ1) is 8.75. The van der Waals surface area contributed by atoms with Crippen LogP contribution in [0.15, 0.2) is 28.7 Å². The molecule has 1 saturated carbocycles. The molecule has 2 atom stereocenters. The smallest absolute Gasteiger partial charge is 0.119 e. The molecule has 0 aliphatic heterocycles. The third-order valence-corrected chi connectivity index (χ3v) is 4.74. The monoisotopic (exact) mass is 330 g/mol. The fourth-order valence-electron chi connectivity index (χ4n) is 2.52. The van der Waals surface area contributed by atoms with Gasteiger partial charge in [0, 0.05) is 9.85 Å². The van der Waals surface area contributed by atoms with Crippen LogP contribution in [0.25, 0.3) is 0 Å². The number of halogens is 2. The van der Waals surface area contributed by atoms with Crippen LogP contribution in [0.3, 0.4) is 0 Å². The number of rotatable bonds is 4. The van der Waals surface area contributed by atoms with E-state index < -0.39 is 0 Å². The molecule has 100 valence electrons. The van der Waals surface area contributed by atoms with Crippen molar-refractivity contribution < 1.29 is 4.74 Å². The van der Waals surface area contributed by atoms with E-state index in [0.29, 0.717) is 11.3 Å². The summed E-state index contributed by atoms with van der Waals surface area (Å²) < 4.78 is 6.86. The zero-order chi connectivity index (χ0) is 12.8. The predicted molar refractivity (Wildman–Crippen MR) is 80.5 cm³/mol. The molecular weight excluding hydrogens is 312 g/mol. The summed E-state index contributed by atoms with van der Waals surface area (Å²) in [6, 6.07) is 8.00. The predicted octanol–water partition coefficient (Wildman–Crippen LogP) is 5.41. The van der Waals surface area contributed by atoms with Gasteiger partial charge in [0.05, 0.1) is 6.61 Å². The van der Waals surface area contributed by atoms with Crippen LogP contribution in [0.5, 0.6) is 5.75 Å². The Hall–Kier alpha value is -0.210. The van der Waals surface area contributed by atoms with Crippen LogP contribution in [-0.4, -0.2) is 12.0 Å². The first-order valence-electron chi connectivity index (χ1n) is 6.78. The van der Waals surface area contributed by atoms with E-state index in [9.17, 15) is 0 Å². The number of benzene rings is 1. The molecule has 2 rings (SSSR count). The van der Waals surface area contributed by atoms with Gasteiger partial charge in [-0.15, -0.1) is 11.6 Å². The Morgan fingerprint density at radius 1 is 1.11 bits per heavy atom. The van der Waals surface area contributed by atoms with Crippen molar-refractivity contribution in [3.05, 3.63) is 28.7 Å². The Kier molecular flexibility index (Phi) is 5.84. The van der Waals surface area contributed by atoms with Crippen molar-refractivity contribution in [1.82, 2.24) is 0 Å². The summed E-state index contributed by atoms with van der Waals surface area (Å²) >= 11 is 9.85. The van der Waals surface area contributed by atoms with Gasteiger partial charge in [-0.2, -0.15) is 0 Å². The van der Waals surface area contributed by atoms with Crippen molar-refractivity contribution in [2.75, 3.05) is 6.61 Å². The van der Waals surface area contributed by atoms with Gasteiger partial charge in [0.1, 0.15) is 5.75 Å². The lowest BCUT2D eigenvalue weighted by Crippen LogP contribution is -2.16. The highest BCUT2D eigenvalue weighted by Crippen LogP contribution is 2.30. The van der Waals surface area contributed by atoms with E-state index in [1.807, 2.05) is 24.3 Å². The second-order valence-corrected chi connectivity index (χ2v) is 6.48. The van der Waals surface area contributed by atoms with Gasteiger partial charge in [0.2, 0.25) is 0 Å². The molecule has 0 heterocycles. The Morgan fingerprint density at radius 3 is 2.61 bits per heavy atom. The zero-order valence-corrected chi connectivity index (χ0v) is 12.9. The lowest BCUT2D eigenvalue weighted by Gasteiger charge is -2.19. The molecule has 0 bridgehead atoms. The molecular formula is C15H20BrClO. The minimum atomic E-state index is 0.348. The van der Waals surface area contributed by atoms with Gasteiger partial charge in [-0.05, 0) is 49.4 Å². The number of ether oxygens (including phenoxy) is 1. The van der Waals surface area contributed by atoms with Crippen LogP contribution in [0.4, 0.5) is 0 Å². The molecule has 2 unspecified atom stereocenters. The molecule has 18 heavy (non-hydrogen) atoms. The lowest BCUT2D eigenvalue weighted by atomic mass is 9.97. The normalized spacial score (nSPS) is 24.6. The van der Waals surface area contributed by atoms with E-state index in [1.54, 1.807) is 0 Å². The summed E-state index contributed by atoms with van der Waals surface area (Å²) in [6.07, 6.45) is 7.46. The van der Waals surface area contributed by atoms with Crippen molar-refractivity contribution in [2.24, 2.45) is 5.92 Å². The topological polar surface area (TPSA) is 9.23 Å². The minimum absolute atomic E-state index is 0.348. The van der Waals surface area contributed by atoms with Gasteiger partial charge in [-0.25, -0.2) is 0 Å². The summed E-state index contributed by atoms with van der Waals surface area (Å²) in [7, 11) is 0. The summed E-state index contributed by atoms with van der Waals surface area (Å²) in [5.41, 5.74) is 0. The molecule has 0 saturated heterocycles. The standard InChI is InChI=1S/C15H20BrClO/c16-13-6-8-14(9-7-13)18-11-10-12-4-2-1-3-5-15(12)17/h6-9,12,15H,1-5,10-11H2. The van der Waals surface area contributed by atoms with E-state index in [2.05, 4.69) is 15.9 Å². The second-order valence-electron chi connectivity index (χ2n) is 5.01. The van der Waals surface area contributed by atoms with Crippen molar-refractivity contribution >= 4 is 27.5 Å². The quantitative estimate of drug-likeness (QED) is 0.530. The molecule has 1 aromatic rings. The van der Waals surface area contributed by atoms with Gasteiger partial charge < -0.3 is 4.74 Å². The highest BCUT2D eigenvalue weighted by atomic mass is 79.9. The summed E-state index contributed by atoms with van der Waals surface area (Å²) in [6.45, 7) is 0.773. The number of alkyl halides is 1. The Morgan fingerprint density at radius 2 is 1.83 bits per heavy atom. The van der Waals surface area contributed by atoms with E-state index >= 15 is 0 Å². The van der Waals surface area contributed by atoms with Crippen molar-refractivity contribution in [1.29, 1.82) is 0 Å². The van der Waals surface area contributed by atoms with Crippen molar-refractivity contribution in [3.8, 4) is 5.75 Å². The van der Waals surface area contributed by atoms with Crippen LogP contribution in [0.2, 0.25) is 0 Å². The van der Waals surface area contributed by atoms with Gasteiger partial charge in [-0.1, -0.05) is 35.2 Å². The third-order valence-electron chi connectivity index (χ3n) is 3.64. The fourth-order valence-corrected chi connectivity index (χ4v) is 3.19. The molecule has 1 aliphatic rings. The van der Waals surface area contributed by atoms with E-state index in [0.717, 1.165) is 23.2 Å². The zero-order valence-electron chi connectivity index (χ0n) is 10.6. The second kappa shape index (κ2) is 7.40. The molecule has 1 aliphatic carbocycles. The minimum Gasteiger partial charge on any atom is -0.494 e. The largest absolute Gasteiger partial charge is 0.494 e. The molecule has 0 spiro atoms. The Balaban J connectivity index is 1.75. The van der Waals surface area contributed by atoms with Gasteiger partial charge >= 0.3 is 0 Å². The fraction of sp³-hybridized carbons (Fsp3) is 0.600. The molecule has 3 heteroatoms. The Bertz CT molecular complexity index is 352. The van der Waals surface area contributed by atoms with Gasteiger partial charge in [0.25, 0.3) is 0 Å². The molecule has 1 fully saturated rings. The molecule has 0 radical (unpaired) electrons. The number of hydrogen-bond donors (Lipinski definition) is 0. The summed E-state index contributed by atoms with van der Waals surface area (Å²) in [5, 5.41) is 0.348. The van der Waals surface area contributed by atoms with Gasteiger partial charge in [0.15, 0.2) is 0 Å². The van der Waals surface area contributed by atoms with Gasteiger partial charge in [-0.3, -0.25) is 0 Å². The SMILES string of the molecule is ClC1CCCCCC1CCOc1ccc(Br)cc1. The van der Waals surface area contributed by atoms with Crippen LogP contribution in [0, 0.1) is 5.92 Å². The van der Waals surface area contributed by atoms with Crippen LogP contribution in [0.1, 0.15) is 38.5 Å². The molecule has 1 nitrogen and oxygen atoms in total. The Labute approximate surface area is 123 Å². The maximum Gasteiger partial charge on any atom is 0.119 e. The first kappa shape index (κ1) is 14.2. The molecule has 0 N–H and O–H groups in total. The van der Waals surface area contributed by atoms with E-state index in [1.165, 1.54) is 32.1 Å². The van der Waals surface area contributed by atoms with E-state index in [-0.39, 0.29) is 0 Å². The first-order valence-corrected chi connectivity index (χ1v) is 8.01. The highest BCUT2D eigenvalue weighted by Gasteiger charge is 2.21. The highest BCUT2D eigenvalue weighted by molar-refractivity contribution is 9.10. The van der Waals surface area contributed by atoms with E-state index in [4.69, 9.17) is 16.3 Å². The van der Waals surface area contributed by atoms with Crippen LogP contribution < -0.4 is 4.74 Å². The maximum absolute atomic E-state index is 6.43. The van der Waals surface area contributed by atoms with Crippen LogP contribution >= 0.6 is 27.5 Å². The third kappa shape index (κ3) is 4.47. The lowest BCUT2D eigenvalue weighted by molar-refractivity contribution is 0.269. The van der Waals surface area contributed by atoms with Crippen LogP contribution in [-0.2, 0) is 0 Å². The van der Waals surface area contributed by atoms with Crippen molar-refractivity contribution in [3.63, 3.8) is 0 Å². The summed E-state index contributed by atoms with van der Waals surface area (Å²) in [4.78, 5) is 0. The maximum atomic E-state index is 6.43.